The molecule has 0 fully saturated rings. The van der Waals surface area contributed by atoms with Gasteiger partial charge in [-0.1, -0.05) is 6.92 Å². The molecule has 0 saturated carbocycles. The van der Waals surface area contributed by atoms with E-state index >= 15 is 0 Å². The Balaban J connectivity index is 3.00. The molecule has 0 amide bonds. The van der Waals surface area contributed by atoms with Crippen LogP contribution in [-0.4, -0.2) is 21.6 Å². The van der Waals surface area contributed by atoms with E-state index < -0.39 is 0 Å². The molecule has 1 heterocycles. The maximum Gasteiger partial charge on any atom is 0.144 e. The lowest BCUT2D eigenvalue weighted by atomic mass is 10.4. The van der Waals surface area contributed by atoms with Crippen LogP contribution in [0.2, 0.25) is 0 Å². The molecule has 0 aliphatic rings. The van der Waals surface area contributed by atoms with Crippen LogP contribution in [0.15, 0.2) is 17.4 Å². The van der Waals surface area contributed by atoms with Crippen molar-refractivity contribution in [1.29, 1.82) is 5.41 Å². The molecular weight excluding hydrogens is 172 g/mol. The van der Waals surface area contributed by atoms with Gasteiger partial charge in [0.15, 0.2) is 0 Å². The third-order valence-corrected chi connectivity index (χ3v) is 2.06. The fourth-order valence-electron chi connectivity index (χ4n) is 0.752. The van der Waals surface area contributed by atoms with E-state index in [9.17, 15) is 0 Å². The molecule has 0 aromatic carbocycles. The number of nitrogens with one attached hydrogen (secondary N) is 1. The number of aromatic nitrogens is 2. The van der Waals surface area contributed by atoms with Gasteiger partial charge in [-0.05, 0) is 5.75 Å². The van der Waals surface area contributed by atoms with Crippen LogP contribution in [-0.2, 0) is 0 Å². The van der Waals surface area contributed by atoms with Crippen LogP contribution in [0.3, 0.4) is 0 Å². The molecular formula is C7H10N4S. The van der Waals surface area contributed by atoms with E-state index in [1.807, 2.05) is 6.92 Å². The normalized spacial score (nSPS) is 9.75. The summed E-state index contributed by atoms with van der Waals surface area (Å²) in [6.45, 7) is 2.02. The smallest absolute Gasteiger partial charge is 0.144 e. The van der Waals surface area contributed by atoms with Crippen LogP contribution in [0.5, 0.6) is 0 Å². The number of thioether (sulfide) groups is 1. The van der Waals surface area contributed by atoms with Crippen molar-refractivity contribution in [3.8, 4) is 0 Å². The first kappa shape index (κ1) is 8.99. The van der Waals surface area contributed by atoms with Crippen molar-refractivity contribution in [3.63, 3.8) is 0 Å². The van der Waals surface area contributed by atoms with Crippen LogP contribution in [0.1, 0.15) is 12.6 Å². The highest BCUT2D eigenvalue weighted by molar-refractivity contribution is 7.99. The zero-order chi connectivity index (χ0) is 8.97. The van der Waals surface area contributed by atoms with Gasteiger partial charge in [-0.2, -0.15) is 0 Å². The zero-order valence-electron chi connectivity index (χ0n) is 6.74. The van der Waals surface area contributed by atoms with Crippen molar-refractivity contribution in [2.24, 2.45) is 5.73 Å². The zero-order valence-corrected chi connectivity index (χ0v) is 7.56. The molecule has 0 aliphatic carbocycles. The minimum absolute atomic E-state index is 0.0287. The van der Waals surface area contributed by atoms with E-state index in [1.54, 1.807) is 6.20 Å². The van der Waals surface area contributed by atoms with Gasteiger partial charge in [0.05, 0.1) is 0 Å². The first-order valence-electron chi connectivity index (χ1n) is 3.54. The maximum atomic E-state index is 7.22. The second-order valence-corrected chi connectivity index (χ2v) is 3.31. The molecule has 0 bridgehead atoms. The molecule has 64 valence electrons. The molecule has 4 nitrogen and oxygen atoms in total. The Hall–Kier alpha value is -1.10. The molecule has 0 atom stereocenters. The Morgan fingerprint density at radius 3 is 2.83 bits per heavy atom. The summed E-state index contributed by atoms with van der Waals surface area (Å²) in [5.74, 6) is 0.873. The van der Waals surface area contributed by atoms with Gasteiger partial charge in [0.1, 0.15) is 16.6 Å². The predicted molar refractivity (Wildman–Crippen MR) is 49.4 cm³/mol. The standard InChI is InChI=1S/C7H10N4S/c1-2-12-7-5(6(8)9)10-3-4-11-7/h3-4H,2H2,1H3,(H3,8,9). The van der Waals surface area contributed by atoms with Crippen LogP contribution in [0, 0.1) is 5.41 Å². The van der Waals surface area contributed by atoms with Gasteiger partial charge < -0.3 is 5.73 Å². The summed E-state index contributed by atoms with van der Waals surface area (Å²) in [4.78, 5) is 8.03. The predicted octanol–water partition coefficient (Wildman–Crippen LogP) is 0.873. The largest absolute Gasteiger partial charge is 0.382 e. The minimum Gasteiger partial charge on any atom is -0.382 e. The quantitative estimate of drug-likeness (QED) is 0.413. The topological polar surface area (TPSA) is 75.7 Å². The first-order valence-corrected chi connectivity index (χ1v) is 4.52. The average molecular weight is 182 g/mol. The van der Waals surface area contributed by atoms with Gasteiger partial charge >= 0.3 is 0 Å². The first-order chi connectivity index (χ1) is 5.75. The number of nitrogens with two attached hydrogens (primary N) is 1. The highest BCUT2D eigenvalue weighted by Gasteiger charge is 2.06. The van der Waals surface area contributed by atoms with Gasteiger partial charge in [0.25, 0.3) is 0 Å². The fourth-order valence-corrected chi connectivity index (χ4v) is 1.46. The summed E-state index contributed by atoms with van der Waals surface area (Å²) in [7, 11) is 0. The summed E-state index contributed by atoms with van der Waals surface area (Å²) in [6, 6.07) is 0. The second kappa shape index (κ2) is 4.06. The summed E-state index contributed by atoms with van der Waals surface area (Å²) in [6.07, 6.45) is 3.14. The molecule has 12 heavy (non-hydrogen) atoms. The highest BCUT2D eigenvalue weighted by atomic mass is 32.2. The Morgan fingerprint density at radius 2 is 2.25 bits per heavy atom. The highest BCUT2D eigenvalue weighted by Crippen LogP contribution is 2.16. The van der Waals surface area contributed by atoms with Crippen molar-refractivity contribution < 1.29 is 0 Å². The number of amidine groups is 1. The molecule has 0 unspecified atom stereocenters. The second-order valence-electron chi connectivity index (χ2n) is 2.06. The average Bonchev–Trinajstić information content (AvgIpc) is 2.05. The molecule has 0 aliphatic heterocycles. The van der Waals surface area contributed by atoms with E-state index in [0.717, 1.165) is 10.8 Å². The number of hydrogen-bond donors (Lipinski definition) is 2. The number of rotatable bonds is 3. The summed E-state index contributed by atoms with van der Waals surface area (Å²) >= 11 is 1.54. The van der Waals surface area contributed by atoms with E-state index in [2.05, 4.69) is 9.97 Å². The SMILES string of the molecule is CCSc1nccnc1C(=N)N. The maximum absolute atomic E-state index is 7.22. The number of nitrogens with zero attached hydrogens (tertiary/aromatic N) is 2. The molecule has 1 rings (SSSR count). The third kappa shape index (κ3) is 1.94. The van der Waals surface area contributed by atoms with Gasteiger partial charge in [0.2, 0.25) is 0 Å². The fraction of sp³-hybridized carbons (Fsp3) is 0.286. The molecule has 5 heteroatoms. The Bertz CT molecular complexity index is 286. The van der Waals surface area contributed by atoms with E-state index in [4.69, 9.17) is 11.1 Å². The molecule has 3 N–H and O–H groups in total. The third-order valence-electron chi connectivity index (χ3n) is 1.20. The lowest BCUT2D eigenvalue weighted by molar-refractivity contribution is 1.03. The van der Waals surface area contributed by atoms with Gasteiger partial charge in [0, 0.05) is 12.4 Å². The van der Waals surface area contributed by atoms with Crippen LogP contribution in [0.25, 0.3) is 0 Å². The van der Waals surface area contributed by atoms with Gasteiger partial charge in [-0.15, -0.1) is 11.8 Å². The van der Waals surface area contributed by atoms with Crippen molar-refractivity contribution >= 4 is 17.6 Å². The van der Waals surface area contributed by atoms with E-state index in [0.29, 0.717) is 5.69 Å². The van der Waals surface area contributed by atoms with Crippen molar-refractivity contribution in [2.75, 3.05) is 5.75 Å². The monoisotopic (exact) mass is 182 g/mol. The van der Waals surface area contributed by atoms with Crippen LogP contribution < -0.4 is 5.73 Å². The Labute approximate surface area is 75.1 Å². The van der Waals surface area contributed by atoms with E-state index in [1.165, 1.54) is 18.0 Å². The molecule has 0 spiro atoms. The summed E-state index contributed by atoms with van der Waals surface area (Å²) in [5, 5.41) is 7.95. The van der Waals surface area contributed by atoms with E-state index in [-0.39, 0.29) is 5.84 Å². The summed E-state index contributed by atoms with van der Waals surface area (Å²) < 4.78 is 0. The van der Waals surface area contributed by atoms with Crippen molar-refractivity contribution in [1.82, 2.24) is 9.97 Å². The van der Waals surface area contributed by atoms with Crippen LogP contribution in [0.4, 0.5) is 0 Å². The lowest BCUT2D eigenvalue weighted by Gasteiger charge is -2.02. The van der Waals surface area contributed by atoms with Crippen molar-refractivity contribution in [2.45, 2.75) is 11.9 Å². The Kier molecular flexibility index (Phi) is 3.04. The molecule has 1 aromatic rings. The molecule has 0 saturated heterocycles. The van der Waals surface area contributed by atoms with Crippen LogP contribution >= 0.6 is 11.8 Å². The van der Waals surface area contributed by atoms with Gasteiger partial charge in [-0.25, -0.2) is 9.97 Å². The van der Waals surface area contributed by atoms with Gasteiger partial charge in [-0.3, -0.25) is 5.41 Å². The summed E-state index contributed by atoms with van der Waals surface area (Å²) in [5.41, 5.74) is 5.79. The number of hydrogen-bond acceptors (Lipinski definition) is 4. The molecule has 1 aromatic heterocycles. The lowest BCUT2D eigenvalue weighted by Crippen LogP contribution is -2.15. The van der Waals surface area contributed by atoms with Crippen molar-refractivity contribution in [3.05, 3.63) is 18.1 Å². The number of nitrogen functional groups attached to an aromatic ring is 1. The minimum atomic E-state index is -0.0287. The Morgan fingerprint density at radius 1 is 1.58 bits per heavy atom. The molecule has 0 radical (unpaired) electrons.